The molecule has 1 aliphatic rings. The molecule has 0 aromatic heterocycles. The lowest BCUT2D eigenvalue weighted by atomic mass is 9.83. The average molecular weight is 206 g/mol. The molecule has 15 heavy (non-hydrogen) atoms. The molecular formula is C13H18O2. The van der Waals surface area contributed by atoms with Crippen molar-refractivity contribution in [2.24, 2.45) is 5.92 Å². The summed E-state index contributed by atoms with van der Waals surface area (Å²) in [5, 5.41) is 0. The fraction of sp³-hybridized carbons (Fsp3) is 0.538. The first kappa shape index (κ1) is 10.7. The SMILES string of the molecule is CC1OCC(C)C(C)(c2ccccc2)O1. The van der Waals surface area contributed by atoms with Gasteiger partial charge in [0, 0.05) is 5.92 Å². The van der Waals surface area contributed by atoms with E-state index >= 15 is 0 Å². The van der Waals surface area contributed by atoms with Gasteiger partial charge in [0.25, 0.3) is 0 Å². The largest absolute Gasteiger partial charge is 0.353 e. The van der Waals surface area contributed by atoms with Crippen molar-refractivity contribution in [2.75, 3.05) is 6.61 Å². The van der Waals surface area contributed by atoms with Crippen LogP contribution in [0.25, 0.3) is 0 Å². The maximum atomic E-state index is 5.95. The number of hydrogen-bond donors (Lipinski definition) is 0. The summed E-state index contributed by atoms with van der Waals surface area (Å²) >= 11 is 0. The monoisotopic (exact) mass is 206 g/mol. The summed E-state index contributed by atoms with van der Waals surface area (Å²) in [7, 11) is 0. The molecule has 0 radical (unpaired) electrons. The van der Waals surface area contributed by atoms with Crippen molar-refractivity contribution >= 4 is 0 Å². The average Bonchev–Trinajstić information content (AvgIpc) is 2.25. The minimum absolute atomic E-state index is 0.119. The predicted molar refractivity (Wildman–Crippen MR) is 59.5 cm³/mol. The van der Waals surface area contributed by atoms with Crippen molar-refractivity contribution in [3.05, 3.63) is 35.9 Å². The molecule has 0 spiro atoms. The van der Waals surface area contributed by atoms with E-state index < -0.39 is 0 Å². The molecule has 0 aliphatic carbocycles. The van der Waals surface area contributed by atoms with Crippen LogP contribution in [0.4, 0.5) is 0 Å². The molecule has 2 rings (SSSR count). The predicted octanol–water partition coefficient (Wildman–Crippen LogP) is 2.93. The van der Waals surface area contributed by atoms with Crippen LogP contribution in [0, 0.1) is 5.92 Å². The van der Waals surface area contributed by atoms with Gasteiger partial charge in [-0.3, -0.25) is 0 Å². The number of rotatable bonds is 1. The molecule has 0 bridgehead atoms. The smallest absolute Gasteiger partial charge is 0.156 e. The zero-order valence-electron chi connectivity index (χ0n) is 9.57. The molecule has 1 aliphatic heterocycles. The van der Waals surface area contributed by atoms with E-state index in [1.165, 1.54) is 5.56 Å². The highest BCUT2D eigenvalue weighted by Gasteiger charge is 2.39. The molecule has 1 fully saturated rings. The maximum absolute atomic E-state index is 5.95. The Kier molecular flexibility index (Phi) is 2.81. The van der Waals surface area contributed by atoms with E-state index in [9.17, 15) is 0 Å². The second-order valence-electron chi connectivity index (χ2n) is 4.39. The highest BCUT2D eigenvalue weighted by atomic mass is 16.7. The molecule has 0 N–H and O–H groups in total. The van der Waals surface area contributed by atoms with Gasteiger partial charge in [0.15, 0.2) is 6.29 Å². The summed E-state index contributed by atoms with van der Waals surface area (Å²) in [6, 6.07) is 10.4. The molecule has 0 saturated carbocycles. The highest BCUT2D eigenvalue weighted by molar-refractivity contribution is 5.23. The van der Waals surface area contributed by atoms with Crippen LogP contribution in [-0.4, -0.2) is 12.9 Å². The summed E-state index contributed by atoms with van der Waals surface area (Å²) in [4.78, 5) is 0. The van der Waals surface area contributed by atoms with Crippen LogP contribution >= 0.6 is 0 Å². The van der Waals surface area contributed by atoms with Crippen molar-refractivity contribution in [3.8, 4) is 0 Å². The van der Waals surface area contributed by atoms with Gasteiger partial charge in [0.2, 0.25) is 0 Å². The van der Waals surface area contributed by atoms with Gasteiger partial charge in [-0.25, -0.2) is 0 Å². The zero-order valence-corrected chi connectivity index (χ0v) is 9.57. The summed E-state index contributed by atoms with van der Waals surface area (Å²) in [5.41, 5.74) is 1.01. The Balaban J connectivity index is 2.31. The van der Waals surface area contributed by atoms with E-state index in [0.29, 0.717) is 5.92 Å². The van der Waals surface area contributed by atoms with Crippen molar-refractivity contribution in [2.45, 2.75) is 32.7 Å². The Hall–Kier alpha value is -0.860. The molecular weight excluding hydrogens is 188 g/mol. The second kappa shape index (κ2) is 3.95. The Morgan fingerprint density at radius 2 is 1.87 bits per heavy atom. The lowest BCUT2D eigenvalue weighted by molar-refractivity contribution is -0.271. The van der Waals surface area contributed by atoms with E-state index in [1.807, 2.05) is 13.0 Å². The maximum Gasteiger partial charge on any atom is 0.156 e. The third-order valence-corrected chi connectivity index (χ3v) is 3.28. The first-order valence-electron chi connectivity index (χ1n) is 5.48. The Morgan fingerprint density at radius 3 is 2.53 bits per heavy atom. The Bertz CT molecular complexity index is 323. The minimum Gasteiger partial charge on any atom is -0.353 e. The van der Waals surface area contributed by atoms with Crippen molar-refractivity contribution < 1.29 is 9.47 Å². The quantitative estimate of drug-likeness (QED) is 0.703. The van der Waals surface area contributed by atoms with Crippen molar-refractivity contribution in [1.82, 2.24) is 0 Å². The van der Waals surface area contributed by atoms with Gasteiger partial charge < -0.3 is 9.47 Å². The number of hydrogen-bond acceptors (Lipinski definition) is 2. The van der Waals surface area contributed by atoms with Gasteiger partial charge in [-0.05, 0) is 19.4 Å². The van der Waals surface area contributed by atoms with Gasteiger partial charge in [-0.15, -0.1) is 0 Å². The number of ether oxygens (including phenoxy) is 2. The summed E-state index contributed by atoms with van der Waals surface area (Å²) in [6.45, 7) is 7.02. The van der Waals surface area contributed by atoms with E-state index in [4.69, 9.17) is 9.47 Å². The van der Waals surface area contributed by atoms with Crippen LogP contribution in [-0.2, 0) is 15.1 Å². The van der Waals surface area contributed by atoms with Gasteiger partial charge in [-0.2, -0.15) is 0 Å². The molecule has 1 aromatic carbocycles. The van der Waals surface area contributed by atoms with E-state index in [1.54, 1.807) is 0 Å². The molecule has 3 atom stereocenters. The van der Waals surface area contributed by atoms with Crippen LogP contribution in [0.5, 0.6) is 0 Å². The Morgan fingerprint density at radius 1 is 1.20 bits per heavy atom. The van der Waals surface area contributed by atoms with Crippen LogP contribution in [0.1, 0.15) is 26.3 Å². The van der Waals surface area contributed by atoms with Gasteiger partial charge in [-0.1, -0.05) is 37.3 Å². The van der Waals surface area contributed by atoms with Gasteiger partial charge in [0.05, 0.1) is 12.2 Å². The second-order valence-corrected chi connectivity index (χ2v) is 4.39. The molecule has 1 heterocycles. The lowest BCUT2D eigenvalue weighted by Gasteiger charge is -2.42. The molecule has 82 valence electrons. The van der Waals surface area contributed by atoms with Crippen LogP contribution in [0.15, 0.2) is 30.3 Å². The minimum atomic E-state index is -0.223. The summed E-state index contributed by atoms with van der Waals surface area (Å²) < 4.78 is 11.4. The standard InChI is InChI=1S/C13H18O2/c1-10-9-14-11(2)15-13(10,3)12-7-5-4-6-8-12/h4-8,10-11H,9H2,1-3H3. The van der Waals surface area contributed by atoms with Crippen molar-refractivity contribution in [1.29, 1.82) is 0 Å². The van der Waals surface area contributed by atoms with Crippen LogP contribution in [0.2, 0.25) is 0 Å². The number of benzene rings is 1. The summed E-state index contributed by atoms with van der Waals surface area (Å²) in [6.07, 6.45) is -0.119. The lowest BCUT2D eigenvalue weighted by Crippen LogP contribution is -2.44. The first-order chi connectivity index (χ1) is 7.13. The van der Waals surface area contributed by atoms with E-state index in [0.717, 1.165) is 6.61 Å². The molecule has 1 aromatic rings. The van der Waals surface area contributed by atoms with Gasteiger partial charge >= 0.3 is 0 Å². The van der Waals surface area contributed by atoms with Crippen LogP contribution in [0.3, 0.4) is 0 Å². The summed E-state index contributed by atoms with van der Waals surface area (Å²) in [5.74, 6) is 0.371. The Labute approximate surface area is 91.2 Å². The third kappa shape index (κ3) is 1.92. The topological polar surface area (TPSA) is 18.5 Å². The molecule has 1 saturated heterocycles. The van der Waals surface area contributed by atoms with E-state index in [2.05, 4.69) is 38.1 Å². The van der Waals surface area contributed by atoms with Crippen LogP contribution < -0.4 is 0 Å². The first-order valence-corrected chi connectivity index (χ1v) is 5.48. The zero-order chi connectivity index (χ0) is 10.9. The van der Waals surface area contributed by atoms with Crippen molar-refractivity contribution in [3.63, 3.8) is 0 Å². The molecule has 2 heteroatoms. The van der Waals surface area contributed by atoms with E-state index in [-0.39, 0.29) is 11.9 Å². The molecule has 2 nitrogen and oxygen atoms in total. The molecule has 0 amide bonds. The molecule has 3 unspecified atom stereocenters. The highest BCUT2D eigenvalue weighted by Crippen LogP contribution is 2.38. The fourth-order valence-electron chi connectivity index (χ4n) is 2.06. The van der Waals surface area contributed by atoms with Gasteiger partial charge in [0.1, 0.15) is 0 Å². The normalized spacial score (nSPS) is 36.5. The fourth-order valence-corrected chi connectivity index (χ4v) is 2.06. The third-order valence-electron chi connectivity index (χ3n) is 3.28.